The topological polar surface area (TPSA) is 38.0 Å². The Morgan fingerprint density at radius 3 is 2.89 bits per heavy atom. The van der Waals surface area contributed by atoms with Gasteiger partial charge in [-0.3, -0.25) is 0 Å². The van der Waals surface area contributed by atoms with Gasteiger partial charge in [-0.1, -0.05) is 38.0 Å². The second-order valence-corrected chi connectivity index (χ2v) is 6.37. The summed E-state index contributed by atoms with van der Waals surface area (Å²) < 4.78 is 0.958. The Kier molecular flexibility index (Phi) is 4.62. The SMILES string of the molecule is CC1CCCC1CNc1cccc(Br)c1C(N)=S. The Hall–Kier alpha value is -0.610. The molecule has 18 heavy (non-hydrogen) atoms. The molecule has 0 spiro atoms. The summed E-state index contributed by atoms with van der Waals surface area (Å²) in [5.74, 6) is 1.58. The zero-order valence-electron chi connectivity index (χ0n) is 10.6. The number of thiocarbonyl (C=S) groups is 1. The molecule has 1 fully saturated rings. The molecule has 0 aromatic heterocycles. The smallest absolute Gasteiger partial charge is 0.107 e. The quantitative estimate of drug-likeness (QED) is 0.823. The normalized spacial score (nSPS) is 23.0. The molecule has 98 valence electrons. The molecular weight excluding hydrogens is 308 g/mol. The molecule has 2 unspecified atom stereocenters. The van der Waals surface area contributed by atoms with Crippen LogP contribution in [-0.2, 0) is 0 Å². The fraction of sp³-hybridized carbons (Fsp3) is 0.500. The highest BCUT2D eigenvalue weighted by atomic mass is 79.9. The molecule has 1 aromatic carbocycles. The number of nitrogens with two attached hydrogens (primary N) is 1. The summed E-state index contributed by atoms with van der Waals surface area (Å²) in [6.45, 7) is 3.35. The number of benzene rings is 1. The molecular formula is C14H19BrN2S. The van der Waals surface area contributed by atoms with Crippen molar-refractivity contribution in [3.05, 3.63) is 28.2 Å². The van der Waals surface area contributed by atoms with Crippen LogP contribution in [0.15, 0.2) is 22.7 Å². The Morgan fingerprint density at radius 1 is 1.50 bits per heavy atom. The Labute approximate surface area is 122 Å². The monoisotopic (exact) mass is 326 g/mol. The van der Waals surface area contributed by atoms with Gasteiger partial charge in [0.25, 0.3) is 0 Å². The molecule has 2 rings (SSSR count). The minimum atomic E-state index is 0.435. The Morgan fingerprint density at radius 2 is 2.28 bits per heavy atom. The highest BCUT2D eigenvalue weighted by molar-refractivity contribution is 9.10. The number of halogens is 1. The fourth-order valence-corrected chi connectivity index (χ4v) is 3.62. The molecule has 4 heteroatoms. The lowest BCUT2D eigenvalue weighted by molar-refractivity contribution is 0.439. The van der Waals surface area contributed by atoms with Crippen molar-refractivity contribution in [2.45, 2.75) is 26.2 Å². The third-order valence-electron chi connectivity index (χ3n) is 3.85. The van der Waals surface area contributed by atoms with E-state index in [1.165, 1.54) is 19.3 Å². The van der Waals surface area contributed by atoms with Gasteiger partial charge in [-0.25, -0.2) is 0 Å². The van der Waals surface area contributed by atoms with Crippen LogP contribution in [0.25, 0.3) is 0 Å². The van der Waals surface area contributed by atoms with Crippen LogP contribution in [0.5, 0.6) is 0 Å². The van der Waals surface area contributed by atoms with Gasteiger partial charge in [0.2, 0.25) is 0 Å². The average molecular weight is 327 g/mol. The maximum Gasteiger partial charge on any atom is 0.107 e. The Bertz CT molecular complexity index is 447. The number of nitrogens with one attached hydrogen (secondary N) is 1. The van der Waals surface area contributed by atoms with E-state index in [1.54, 1.807) is 0 Å². The molecule has 0 amide bonds. The van der Waals surface area contributed by atoms with Crippen molar-refractivity contribution in [1.82, 2.24) is 0 Å². The number of hydrogen-bond acceptors (Lipinski definition) is 2. The van der Waals surface area contributed by atoms with E-state index in [4.69, 9.17) is 18.0 Å². The lowest BCUT2D eigenvalue weighted by atomic mass is 9.98. The predicted molar refractivity (Wildman–Crippen MR) is 85.0 cm³/mol. The van der Waals surface area contributed by atoms with Gasteiger partial charge >= 0.3 is 0 Å². The summed E-state index contributed by atoms with van der Waals surface area (Å²) in [4.78, 5) is 0.435. The summed E-state index contributed by atoms with van der Waals surface area (Å²) in [6, 6.07) is 6.02. The first kappa shape index (κ1) is 13.8. The summed E-state index contributed by atoms with van der Waals surface area (Å²) >= 11 is 8.62. The fourth-order valence-electron chi connectivity index (χ4n) is 2.69. The van der Waals surface area contributed by atoms with E-state index in [1.807, 2.05) is 18.2 Å². The Balaban J connectivity index is 2.09. The summed E-state index contributed by atoms with van der Waals surface area (Å²) in [6.07, 6.45) is 4.03. The van der Waals surface area contributed by atoms with E-state index in [2.05, 4.69) is 28.2 Å². The van der Waals surface area contributed by atoms with Gasteiger partial charge in [0.15, 0.2) is 0 Å². The van der Waals surface area contributed by atoms with E-state index in [0.717, 1.165) is 34.1 Å². The standard InChI is InChI=1S/C14H19BrN2S/c1-9-4-2-5-10(9)8-17-12-7-3-6-11(15)13(12)14(16)18/h3,6-7,9-10,17H,2,4-5,8H2,1H3,(H2,16,18). The number of hydrogen-bond donors (Lipinski definition) is 2. The molecule has 1 aromatic rings. The maximum absolute atomic E-state index is 5.79. The van der Waals surface area contributed by atoms with E-state index in [0.29, 0.717) is 4.99 Å². The predicted octanol–water partition coefficient (Wildman–Crippen LogP) is 3.93. The van der Waals surface area contributed by atoms with E-state index in [9.17, 15) is 0 Å². The van der Waals surface area contributed by atoms with Gasteiger partial charge in [0, 0.05) is 22.3 Å². The van der Waals surface area contributed by atoms with E-state index >= 15 is 0 Å². The van der Waals surface area contributed by atoms with Crippen molar-refractivity contribution in [1.29, 1.82) is 0 Å². The van der Waals surface area contributed by atoms with Crippen molar-refractivity contribution >= 4 is 38.8 Å². The van der Waals surface area contributed by atoms with Crippen LogP contribution in [0.3, 0.4) is 0 Å². The van der Waals surface area contributed by atoms with Crippen LogP contribution in [-0.4, -0.2) is 11.5 Å². The van der Waals surface area contributed by atoms with Gasteiger partial charge in [-0.05, 0) is 46.3 Å². The third kappa shape index (κ3) is 3.04. The summed E-state index contributed by atoms with van der Waals surface area (Å²) in [7, 11) is 0. The zero-order valence-corrected chi connectivity index (χ0v) is 13.0. The van der Waals surface area contributed by atoms with Gasteiger partial charge in [0.05, 0.1) is 0 Å². The van der Waals surface area contributed by atoms with Crippen molar-refractivity contribution < 1.29 is 0 Å². The lowest BCUT2D eigenvalue weighted by Crippen LogP contribution is -2.19. The average Bonchev–Trinajstić information content (AvgIpc) is 2.71. The van der Waals surface area contributed by atoms with E-state index < -0.39 is 0 Å². The van der Waals surface area contributed by atoms with Crippen molar-refractivity contribution in [2.24, 2.45) is 17.6 Å². The molecule has 2 atom stereocenters. The molecule has 1 aliphatic rings. The first-order valence-electron chi connectivity index (χ1n) is 6.41. The number of rotatable bonds is 4. The van der Waals surface area contributed by atoms with Crippen LogP contribution < -0.4 is 11.1 Å². The van der Waals surface area contributed by atoms with Crippen LogP contribution >= 0.6 is 28.1 Å². The highest BCUT2D eigenvalue weighted by Gasteiger charge is 2.23. The summed E-state index contributed by atoms with van der Waals surface area (Å²) in [5.41, 5.74) is 7.74. The van der Waals surface area contributed by atoms with Gasteiger partial charge in [-0.2, -0.15) is 0 Å². The van der Waals surface area contributed by atoms with Gasteiger partial charge in [0.1, 0.15) is 4.99 Å². The second kappa shape index (κ2) is 6.02. The molecule has 0 radical (unpaired) electrons. The zero-order chi connectivity index (χ0) is 13.1. The van der Waals surface area contributed by atoms with Gasteiger partial charge < -0.3 is 11.1 Å². The van der Waals surface area contributed by atoms with Crippen LogP contribution in [0.2, 0.25) is 0 Å². The molecule has 2 nitrogen and oxygen atoms in total. The lowest BCUT2D eigenvalue weighted by Gasteiger charge is -2.19. The minimum absolute atomic E-state index is 0.435. The van der Waals surface area contributed by atoms with Crippen molar-refractivity contribution in [3.63, 3.8) is 0 Å². The minimum Gasteiger partial charge on any atom is -0.389 e. The van der Waals surface area contributed by atoms with E-state index in [-0.39, 0.29) is 0 Å². The van der Waals surface area contributed by atoms with Crippen LogP contribution in [0.4, 0.5) is 5.69 Å². The van der Waals surface area contributed by atoms with Crippen LogP contribution in [0, 0.1) is 11.8 Å². The van der Waals surface area contributed by atoms with Crippen molar-refractivity contribution in [3.8, 4) is 0 Å². The molecule has 0 aliphatic heterocycles. The largest absolute Gasteiger partial charge is 0.389 e. The van der Waals surface area contributed by atoms with Crippen molar-refractivity contribution in [2.75, 3.05) is 11.9 Å². The molecule has 1 saturated carbocycles. The summed E-state index contributed by atoms with van der Waals surface area (Å²) in [5, 5.41) is 3.51. The number of anilines is 1. The first-order valence-corrected chi connectivity index (χ1v) is 7.62. The van der Waals surface area contributed by atoms with Gasteiger partial charge in [-0.15, -0.1) is 0 Å². The third-order valence-corrected chi connectivity index (χ3v) is 4.72. The molecule has 0 bridgehead atoms. The molecule has 0 heterocycles. The molecule has 3 N–H and O–H groups in total. The maximum atomic E-state index is 5.79. The first-order chi connectivity index (χ1) is 8.59. The van der Waals surface area contributed by atoms with Crippen LogP contribution in [0.1, 0.15) is 31.7 Å². The second-order valence-electron chi connectivity index (χ2n) is 5.08. The molecule has 1 aliphatic carbocycles. The molecule has 0 saturated heterocycles. The highest BCUT2D eigenvalue weighted by Crippen LogP contribution is 2.32.